The number of carbonyl (C=O) groups is 1. The molecule has 2 aromatic carbocycles. The summed E-state index contributed by atoms with van der Waals surface area (Å²) in [5, 5.41) is 6.54. The summed E-state index contributed by atoms with van der Waals surface area (Å²) in [6.45, 7) is 5.14. The third-order valence-electron chi connectivity index (χ3n) is 4.86. The second-order valence-corrected chi connectivity index (χ2v) is 8.27. The van der Waals surface area contributed by atoms with Crippen molar-refractivity contribution in [3.63, 3.8) is 0 Å². The number of ether oxygens (including phenoxy) is 2. The SMILES string of the molecule is COc1c(C)cccc1C(=O)NC(=S)Nc1nc2ccc(N3CCOCC3)cc2s1. The number of carbonyl (C=O) groups excluding carboxylic acids is 1. The molecule has 156 valence electrons. The first-order chi connectivity index (χ1) is 14.5. The van der Waals surface area contributed by atoms with Gasteiger partial charge < -0.3 is 19.7 Å². The van der Waals surface area contributed by atoms with Crippen LogP contribution in [0.4, 0.5) is 10.8 Å². The number of nitrogens with one attached hydrogen (secondary N) is 2. The summed E-state index contributed by atoms with van der Waals surface area (Å²) in [4.78, 5) is 19.5. The van der Waals surface area contributed by atoms with Gasteiger partial charge in [-0.05, 0) is 49.0 Å². The predicted molar refractivity (Wildman–Crippen MR) is 124 cm³/mol. The lowest BCUT2D eigenvalue weighted by Gasteiger charge is -2.28. The van der Waals surface area contributed by atoms with E-state index in [0.29, 0.717) is 16.4 Å². The minimum Gasteiger partial charge on any atom is -0.496 e. The normalized spacial score (nSPS) is 13.9. The van der Waals surface area contributed by atoms with Gasteiger partial charge in [-0.2, -0.15) is 0 Å². The Labute approximate surface area is 184 Å². The van der Waals surface area contributed by atoms with E-state index in [9.17, 15) is 4.79 Å². The van der Waals surface area contributed by atoms with E-state index in [1.54, 1.807) is 13.2 Å². The second-order valence-electron chi connectivity index (χ2n) is 6.83. The predicted octanol–water partition coefficient (Wildman–Crippen LogP) is 3.58. The highest BCUT2D eigenvalue weighted by atomic mass is 32.1. The zero-order valence-corrected chi connectivity index (χ0v) is 18.4. The number of benzene rings is 2. The van der Waals surface area contributed by atoms with Gasteiger partial charge in [0.05, 0.1) is 36.1 Å². The second kappa shape index (κ2) is 8.95. The third-order valence-corrected chi connectivity index (χ3v) is 5.99. The van der Waals surface area contributed by atoms with Crippen molar-refractivity contribution in [1.29, 1.82) is 0 Å². The molecule has 2 heterocycles. The van der Waals surface area contributed by atoms with Gasteiger partial charge in [-0.1, -0.05) is 23.5 Å². The van der Waals surface area contributed by atoms with Gasteiger partial charge in [-0.3, -0.25) is 10.1 Å². The van der Waals surface area contributed by atoms with Crippen molar-refractivity contribution < 1.29 is 14.3 Å². The first-order valence-corrected chi connectivity index (χ1v) is 10.8. The topological polar surface area (TPSA) is 75.7 Å². The average molecular weight is 443 g/mol. The van der Waals surface area contributed by atoms with Crippen LogP contribution in [0.1, 0.15) is 15.9 Å². The number of thiazole rings is 1. The van der Waals surface area contributed by atoms with Gasteiger partial charge in [0, 0.05) is 18.8 Å². The van der Waals surface area contributed by atoms with Crippen LogP contribution in [0.5, 0.6) is 5.75 Å². The van der Waals surface area contributed by atoms with E-state index in [0.717, 1.165) is 47.8 Å². The molecule has 0 spiro atoms. The molecule has 1 aliphatic heterocycles. The molecule has 4 rings (SSSR count). The minimum atomic E-state index is -0.330. The average Bonchev–Trinajstić information content (AvgIpc) is 3.15. The number of methoxy groups -OCH3 is 1. The Hall–Kier alpha value is -2.75. The summed E-state index contributed by atoms with van der Waals surface area (Å²) in [5.41, 5.74) is 3.35. The van der Waals surface area contributed by atoms with Crippen molar-refractivity contribution in [3.05, 3.63) is 47.5 Å². The number of aryl methyl sites for hydroxylation is 1. The van der Waals surface area contributed by atoms with Gasteiger partial charge in [0.2, 0.25) is 0 Å². The lowest BCUT2D eigenvalue weighted by atomic mass is 10.1. The quantitative estimate of drug-likeness (QED) is 0.598. The molecule has 7 nitrogen and oxygen atoms in total. The summed E-state index contributed by atoms with van der Waals surface area (Å²) in [6.07, 6.45) is 0. The van der Waals surface area contributed by atoms with Crippen LogP contribution >= 0.6 is 23.6 Å². The smallest absolute Gasteiger partial charge is 0.261 e. The molecular formula is C21H22N4O3S2. The van der Waals surface area contributed by atoms with Crippen molar-refractivity contribution >= 4 is 55.6 Å². The van der Waals surface area contributed by atoms with E-state index in [1.807, 2.05) is 25.1 Å². The van der Waals surface area contributed by atoms with Crippen LogP contribution in [0.2, 0.25) is 0 Å². The fraction of sp³-hybridized carbons (Fsp3) is 0.286. The maximum atomic E-state index is 12.6. The number of thiocarbonyl (C=S) groups is 1. The highest BCUT2D eigenvalue weighted by molar-refractivity contribution is 7.80. The monoisotopic (exact) mass is 442 g/mol. The Balaban J connectivity index is 1.45. The van der Waals surface area contributed by atoms with Gasteiger partial charge in [-0.15, -0.1) is 0 Å². The molecule has 3 aromatic rings. The summed E-state index contributed by atoms with van der Waals surface area (Å²) >= 11 is 6.81. The number of hydrogen-bond donors (Lipinski definition) is 2. The van der Waals surface area contributed by atoms with Crippen molar-refractivity contribution in [2.45, 2.75) is 6.92 Å². The van der Waals surface area contributed by atoms with E-state index in [1.165, 1.54) is 11.3 Å². The fourth-order valence-electron chi connectivity index (χ4n) is 3.39. The van der Waals surface area contributed by atoms with E-state index in [-0.39, 0.29) is 11.0 Å². The van der Waals surface area contributed by atoms with E-state index >= 15 is 0 Å². The number of para-hydroxylation sites is 1. The Morgan fingerprint density at radius 1 is 1.27 bits per heavy atom. The van der Waals surface area contributed by atoms with Crippen molar-refractivity contribution in [3.8, 4) is 5.75 Å². The van der Waals surface area contributed by atoms with Gasteiger partial charge >= 0.3 is 0 Å². The number of rotatable bonds is 4. The van der Waals surface area contributed by atoms with Gasteiger partial charge in [0.1, 0.15) is 5.75 Å². The van der Waals surface area contributed by atoms with Crippen molar-refractivity contribution in [1.82, 2.24) is 10.3 Å². The van der Waals surface area contributed by atoms with Gasteiger partial charge in [-0.25, -0.2) is 4.98 Å². The zero-order valence-electron chi connectivity index (χ0n) is 16.7. The maximum Gasteiger partial charge on any atom is 0.261 e. The number of morpholine rings is 1. The lowest BCUT2D eigenvalue weighted by molar-refractivity contribution is 0.0974. The first kappa shape index (κ1) is 20.5. The van der Waals surface area contributed by atoms with Crippen LogP contribution in [0, 0.1) is 6.92 Å². The maximum absolute atomic E-state index is 12.6. The minimum absolute atomic E-state index is 0.191. The van der Waals surface area contributed by atoms with Crippen molar-refractivity contribution in [2.75, 3.05) is 43.6 Å². The van der Waals surface area contributed by atoms with Crippen LogP contribution in [-0.4, -0.2) is 49.4 Å². The Kier molecular flexibility index (Phi) is 6.12. The van der Waals surface area contributed by atoms with Crippen LogP contribution in [0.25, 0.3) is 10.2 Å². The molecule has 1 fully saturated rings. The number of nitrogens with zero attached hydrogens (tertiary/aromatic N) is 2. The molecule has 30 heavy (non-hydrogen) atoms. The number of anilines is 2. The van der Waals surface area contributed by atoms with E-state index < -0.39 is 0 Å². The number of fused-ring (bicyclic) bond motifs is 1. The van der Waals surface area contributed by atoms with Gasteiger partial charge in [0.25, 0.3) is 5.91 Å². The Morgan fingerprint density at radius 3 is 2.83 bits per heavy atom. The summed E-state index contributed by atoms with van der Waals surface area (Å²) in [6, 6.07) is 11.6. The molecule has 0 saturated carbocycles. The molecule has 1 amide bonds. The van der Waals surface area contributed by atoms with Crippen LogP contribution < -0.4 is 20.3 Å². The third kappa shape index (κ3) is 4.38. The van der Waals surface area contributed by atoms with Crippen LogP contribution in [0.3, 0.4) is 0 Å². The molecular weight excluding hydrogens is 420 g/mol. The largest absolute Gasteiger partial charge is 0.496 e. The highest BCUT2D eigenvalue weighted by Crippen LogP contribution is 2.30. The standard InChI is InChI=1S/C21H22N4O3S2/c1-13-4-3-5-15(18(13)27-2)19(26)23-20(29)24-21-22-16-7-6-14(12-17(16)30-21)25-8-10-28-11-9-25/h3-7,12H,8-11H2,1-2H3,(H2,22,23,24,26,29). The lowest BCUT2D eigenvalue weighted by Crippen LogP contribution is -2.36. The Morgan fingerprint density at radius 2 is 2.07 bits per heavy atom. The zero-order chi connectivity index (χ0) is 21.1. The molecule has 0 aliphatic carbocycles. The highest BCUT2D eigenvalue weighted by Gasteiger charge is 2.16. The molecule has 0 bridgehead atoms. The van der Waals surface area contributed by atoms with E-state index in [4.69, 9.17) is 21.7 Å². The molecule has 1 saturated heterocycles. The first-order valence-electron chi connectivity index (χ1n) is 9.54. The summed E-state index contributed by atoms with van der Waals surface area (Å²) in [5.74, 6) is 0.206. The molecule has 0 atom stereocenters. The van der Waals surface area contributed by atoms with Gasteiger partial charge in [0.15, 0.2) is 10.2 Å². The summed E-state index contributed by atoms with van der Waals surface area (Å²) in [7, 11) is 1.54. The van der Waals surface area contributed by atoms with Crippen molar-refractivity contribution in [2.24, 2.45) is 0 Å². The molecule has 2 N–H and O–H groups in total. The van der Waals surface area contributed by atoms with Crippen LogP contribution in [-0.2, 0) is 4.74 Å². The molecule has 0 unspecified atom stereocenters. The number of hydrogen-bond acceptors (Lipinski definition) is 7. The fourth-order valence-corrected chi connectivity index (χ4v) is 4.54. The van der Waals surface area contributed by atoms with E-state index in [2.05, 4.69) is 32.7 Å². The molecule has 1 aliphatic rings. The number of amides is 1. The molecule has 9 heteroatoms. The number of aromatic nitrogens is 1. The molecule has 0 radical (unpaired) electrons. The summed E-state index contributed by atoms with van der Waals surface area (Å²) < 4.78 is 11.8. The molecule has 1 aromatic heterocycles. The van der Waals surface area contributed by atoms with Crippen LogP contribution in [0.15, 0.2) is 36.4 Å². The Bertz CT molecular complexity index is 1090.